The molecule has 0 aromatic heterocycles. The van der Waals surface area contributed by atoms with Gasteiger partial charge in [0.05, 0.1) is 20.8 Å². The molecule has 2 rings (SSSR count). The van der Waals surface area contributed by atoms with Crippen LogP contribution in [0.25, 0.3) is 0 Å². The summed E-state index contributed by atoms with van der Waals surface area (Å²) in [4.78, 5) is 25.8. The summed E-state index contributed by atoms with van der Waals surface area (Å²) >= 11 is 5.98. The van der Waals surface area contributed by atoms with Crippen molar-refractivity contribution in [3.63, 3.8) is 0 Å². The van der Waals surface area contributed by atoms with Gasteiger partial charge in [0.15, 0.2) is 11.5 Å². The van der Waals surface area contributed by atoms with E-state index in [4.69, 9.17) is 21.1 Å². The molecule has 0 bridgehead atoms. The van der Waals surface area contributed by atoms with Gasteiger partial charge in [0, 0.05) is 22.7 Å². The van der Waals surface area contributed by atoms with Crippen LogP contribution in [-0.4, -0.2) is 44.5 Å². The van der Waals surface area contributed by atoms with Gasteiger partial charge in [-0.2, -0.15) is 0 Å². The Hall–Kier alpha value is -2.84. The number of nitrogens with one attached hydrogen (secondary N) is 2. The number of nitrogens with zero attached hydrogens (tertiary/aromatic N) is 1. The number of rotatable bonds is 7. The van der Waals surface area contributed by atoms with Gasteiger partial charge in [-0.25, -0.2) is 4.39 Å². The number of hydrazine groups is 1. The third kappa shape index (κ3) is 5.58. The molecule has 9 heteroatoms. The van der Waals surface area contributed by atoms with E-state index in [1.54, 1.807) is 24.1 Å². The molecule has 0 radical (unpaired) electrons. The Balaban J connectivity index is 1.89. The van der Waals surface area contributed by atoms with Crippen molar-refractivity contribution in [1.29, 1.82) is 0 Å². The number of amides is 2. The van der Waals surface area contributed by atoms with Crippen LogP contribution in [0.1, 0.15) is 15.9 Å². The number of carbonyl (C=O) groups is 2. The van der Waals surface area contributed by atoms with E-state index >= 15 is 0 Å². The van der Waals surface area contributed by atoms with Gasteiger partial charge in [0.2, 0.25) is 0 Å². The predicted molar refractivity (Wildman–Crippen MR) is 103 cm³/mol. The summed E-state index contributed by atoms with van der Waals surface area (Å²) in [6.45, 7) is 0.0689. The number of benzene rings is 2. The Morgan fingerprint density at radius 1 is 1.11 bits per heavy atom. The van der Waals surface area contributed by atoms with Gasteiger partial charge < -0.3 is 9.47 Å². The molecule has 0 saturated heterocycles. The van der Waals surface area contributed by atoms with Crippen molar-refractivity contribution in [2.24, 2.45) is 0 Å². The molecule has 0 aliphatic heterocycles. The van der Waals surface area contributed by atoms with Crippen LogP contribution in [0.2, 0.25) is 5.02 Å². The molecule has 2 aromatic rings. The second kappa shape index (κ2) is 9.91. The zero-order chi connectivity index (χ0) is 20.7. The van der Waals surface area contributed by atoms with Crippen molar-refractivity contribution in [2.45, 2.75) is 6.54 Å². The predicted octanol–water partition coefficient (Wildman–Crippen LogP) is 2.39. The van der Waals surface area contributed by atoms with Crippen LogP contribution in [-0.2, 0) is 11.3 Å². The van der Waals surface area contributed by atoms with Crippen LogP contribution in [0.3, 0.4) is 0 Å². The summed E-state index contributed by atoms with van der Waals surface area (Å²) in [7, 11) is 4.58. The number of likely N-dealkylation sites (N-methyl/N-ethyl adjacent to an activating group) is 1. The Kier molecular flexibility index (Phi) is 7.60. The highest BCUT2D eigenvalue weighted by molar-refractivity contribution is 6.31. The third-order valence-corrected chi connectivity index (χ3v) is 4.22. The second-order valence-corrected chi connectivity index (χ2v) is 6.35. The summed E-state index contributed by atoms with van der Waals surface area (Å²) in [5, 5.41) is 0.286. The first-order chi connectivity index (χ1) is 13.3. The fourth-order valence-corrected chi connectivity index (χ4v) is 2.69. The topological polar surface area (TPSA) is 79.9 Å². The lowest BCUT2D eigenvalue weighted by atomic mass is 10.2. The molecule has 0 aliphatic carbocycles. The van der Waals surface area contributed by atoms with E-state index in [2.05, 4.69) is 10.9 Å². The minimum Gasteiger partial charge on any atom is -0.493 e. The number of ether oxygens (including phenoxy) is 2. The Bertz CT molecular complexity index is 843. The van der Waals surface area contributed by atoms with Crippen molar-refractivity contribution < 1.29 is 23.5 Å². The molecular formula is C19H21ClFN3O4. The normalized spacial score (nSPS) is 10.5. The quantitative estimate of drug-likeness (QED) is 0.686. The fourth-order valence-electron chi connectivity index (χ4n) is 2.47. The van der Waals surface area contributed by atoms with Crippen molar-refractivity contribution in [2.75, 3.05) is 27.8 Å². The summed E-state index contributed by atoms with van der Waals surface area (Å²) < 4.78 is 24.1. The zero-order valence-electron chi connectivity index (χ0n) is 15.7. The van der Waals surface area contributed by atoms with E-state index < -0.39 is 17.6 Å². The summed E-state index contributed by atoms with van der Waals surface area (Å²) in [6, 6.07) is 9.01. The molecule has 0 heterocycles. The van der Waals surface area contributed by atoms with Crippen LogP contribution < -0.4 is 20.3 Å². The van der Waals surface area contributed by atoms with Crippen LogP contribution >= 0.6 is 11.6 Å². The van der Waals surface area contributed by atoms with E-state index in [0.717, 1.165) is 0 Å². The molecular weight excluding hydrogens is 389 g/mol. The minimum atomic E-state index is -0.519. The lowest BCUT2D eigenvalue weighted by Gasteiger charge is -2.18. The van der Waals surface area contributed by atoms with E-state index in [1.165, 1.54) is 38.5 Å². The maximum atomic E-state index is 13.8. The molecule has 0 fully saturated rings. The highest BCUT2D eigenvalue weighted by Gasteiger charge is 2.14. The van der Waals surface area contributed by atoms with Crippen molar-refractivity contribution in [3.05, 3.63) is 58.4 Å². The summed E-state index contributed by atoms with van der Waals surface area (Å²) in [5.74, 6) is -0.557. The molecule has 0 spiro atoms. The molecule has 2 amide bonds. The molecule has 0 saturated carbocycles. The Morgan fingerprint density at radius 3 is 2.46 bits per heavy atom. The SMILES string of the molecule is COc1ccc(C(=O)NNC(=O)CN(C)Cc2c(F)cccc2Cl)cc1OC. The smallest absolute Gasteiger partial charge is 0.269 e. The van der Waals surface area contributed by atoms with Crippen molar-refractivity contribution >= 4 is 23.4 Å². The maximum Gasteiger partial charge on any atom is 0.269 e. The van der Waals surface area contributed by atoms with E-state index in [-0.39, 0.29) is 23.7 Å². The molecule has 2 aromatic carbocycles. The number of hydrogen-bond donors (Lipinski definition) is 2. The molecule has 150 valence electrons. The molecule has 28 heavy (non-hydrogen) atoms. The standard InChI is InChI=1S/C19H21ClFN3O4/c1-24(10-13-14(20)5-4-6-15(13)21)11-18(25)22-23-19(26)12-7-8-16(27-2)17(9-12)28-3/h4-9H,10-11H2,1-3H3,(H,22,25)(H,23,26). The maximum absolute atomic E-state index is 13.8. The number of halogens is 2. The Morgan fingerprint density at radius 2 is 1.82 bits per heavy atom. The number of carbonyl (C=O) groups excluding carboxylic acids is 2. The van der Waals surface area contributed by atoms with Gasteiger partial charge in [-0.1, -0.05) is 17.7 Å². The summed E-state index contributed by atoms with van der Waals surface area (Å²) in [5.41, 5.74) is 5.21. The Labute approximate surface area is 167 Å². The van der Waals surface area contributed by atoms with Crippen LogP contribution in [0, 0.1) is 5.82 Å². The van der Waals surface area contributed by atoms with Crippen LogP contribution in [0.5, 0.6) is 11.5 Å². The largest absolute Gasteiger partial charge is 0.493 e. The molecule has 0 unspecified atom stereocenters. The highest BCUT2D eigenvalue weighted by Crippen LogP contribution is 2.27. The molecule has 2 N–H and O–H groups in total. The first kappa shape index (κ1) is 21.5. The first-order valence-electron chi connectivity index (χ1n) is 8.28. The van der Waals surface area contributed by atoms with E-state index in [0.29, 0.717) is 17.1 Å². The lowest BCUT2D eigenvalue weighted by Crippen LogP contribution is -2.45. The van der Waals surface area contributed by atoms with Gasteiger partial charge in [-0.15, -0.1) is 0 Å². The third-order valence-electron chi connectivity index (χ3n) is 3.86. The fraction of sp³-hybridized carbons (Fsp3) is 0.263. The number of methoxy groups -OCH3 is 2. The van der Waals surface area contributed by atoms with Gasteiger partial charge >= 0.3 is 0 Å². The second-order valence-electron chi connectivity index (χ2n) is 5.94. The zero-order valence-corrected chi connectivity index (χ0v) is 16.5. The van der Waals surface area contributed by atoms with E-state index in [1.807, 2.05) is 0 Å². The first-order valence-corrected chi connectivity index (χ1v) is 8.66. The minimum absolute atomic E-state index is 0.0725. The van der Waals surface area contributed by atoms with Gasteiger partial charge in [0.1, 0.15) is 5.82 Å². The van der Waals surface area contributed by atoms with Gasteiger partial charge in [-0.05, 0) is 37.4 Å². The van der Waals surface area contributed by atoms with Gasteiger partial charge in [0.25, 0.3) is 11.8 Å². The average Bonchev–Trinajstić information content (AvgIpc) is 2.68. The van der Waals surface area contributed by atoms with Crippen molar-refractivity contribution in [1.82, 2.24) is 15.8 Å². The van der Waals surface area contributed by atoms with Crippen LogP contribution in [0.15, 0.2) is 36.4 Å². The number of hydrogen-bond acceptors (Lipinski definition) is 5. The average molecular weight is 410 g/mol. The molecule has 7 nitrogen and oxygen atoms in total. The van der Waals surface area contributed by atoms with Crippen molar-refractivity contribution in [3.8, 4) is 11.5 Å². The monoisotopic (exact) mass is 409 g/mol. The van der Waals surface area contributed by atoms with Crippen LogP contribution in [0.4, 0.5) is 4.39 Å². The molecule has 0 atom stereocenters. The lowest BCUT2D eigenvalue weighted by molar-refractivity contribution is -0.122. The summed E-state index contributed by atoms with van der Waals surface area (Å²) in [6.07, 6.45) is 0. The van der Waals surface area contributed by atoms with Gasteiger partial charge in [-0.3, -0.25) is 25.3 Å². The highest BCUT2D eigenvalue weighted by atomic mass is 35.5. The molecule has 0 aliphatic rings. The van der Waals surface area contributed by atoms with E-state index in [9.17, 15) is 14.0 Å².